The largest absolute Gasteiger partial charge is 0.375 e. The number of halogens is 3. The average Bonchev–Trinajstić information content (AvgIpc) is 2.34. The van der Waals surface area contributed by atoms with Crippen molar-refractivity contribution in [2.24, 2.45) is 0 Å². The highest BCUT2D eigenvalue weighted by Gasteiger charge is 2.11. The molecule has 1 nitrogen and oxygen atoms in total. The summed E-state index contributed by atoms with van der Waals surface area (Å²) in [7, 11) is 0. The lowest BCUT2D eigenvalue weighted by atomic mass is 10.1. The average molecular weight is 268 g/mol. The molecule has 0 aliphatic heterocycles. The van der Waals surface area contributed by atoms with Crippen LogP contribution >= 0.6 is 11.6 Å². The number of nitrogens with one attached hydrogen (secondary N) is 1. The second kappa shape index (κ2) is 5.36. The predicted octanol–water partition coefficient (Wildman–Crippen LogP) is 4.79. The molecule has 1 N–H and O–H groups in total. The van der Waals surface area contributed by atoms with Crippen LogP contribution in [0.2, 0.25) is 5.02 Å². The summed E-state index contributed by atoms with van der Waals surface area (Å²) >= 11 is 5.92. The van der Waals surface area contributed by atoms with E-state index in [1.54, 1.807) is 24.3 Å². The van der Waals surface area contributed by atoms with Gasteiger partial charge >= 0.3 is 0 Å². The van der Waals surface area contributed by atoms with Gasteiger partial charge in [0.2, 0.25) is 0 Å². The lowest BCUT2D eigenvalue weighted by molar-refractivity contribution is 0.623. The van der Waals surface area contributed by atoms with Gasteiger partial charge in [-0.1, -0.05) is 29.8 Å². The maximum atomic E-state index is 13.6. The van der Waals surface area contributed by atoms with Crippen molar-refractivity contribution < 1.29 is 8.78 Å². The van der Waals surface area contributed by atoms with E-state index in [-0.39, 0.29) is 17.5 Å². The summed E-state index contributed by atoms with van der Waals surface area (Å²) in [6.45, 7) is 1.86. The van der Waals surface area contributed by atoms with Crippen LogP contribution in [0.25, 0.3) is 0 Å². The van der Waals surface area contributed by atoms with Crippen LogP contribution in [0.4, 0.5) is 14.5 Å². The maximum Gasteiger partial charge on any atom is 0.147 e. The van der Waals surface area contributed by atoms with Gasteiger partial charge in [0, 0.05) is 6.04 Å². The van der Waals surface area contributed by atoms with E-state index in [0.717, 1.165) is 5.56 Å². The Morgan fingerprint density at radius 3 is 2.33 bits per heavy atom. The van der Waals surface area contributed by atoms with E-state index < -0.39 is 5.82 Å². The Hall–Kier alpha value is -1.61. The quantitative estimate of drug-likeness (QED) is 0.843. The third-order valence-electron chi connectivity index (χ3n) is 2.69. The van der Waals surface area contributed by atoms with Gasteiger partial charge in [-0.3, -0.25) is 0 Å². The molecule has 0 radical (unpaired) electrons. The van der Waals surface area contributed by atoms with E-state index in [2.05, 4.69) is 5.32 Å². The van der Waals surface area contributed by atoms with Gasteiger partial charge in [-0.25, -0.2) is 8.78 Å². The SMILES string of the molecule is CC(Nc1c(F)cccc1Cl)c1ccc(F)cc1. The van der Waals surface area contributed by atoms with Crippen LogP contribution < -0.4 is 5.32 Å². The second-order valence-corrected chi connectivity index (χ2v) is 4.42. The van der Waals surface area contributed by atoms with Crippen LogP contribution in [0.15, 0.2) is 42.5 Å². The van der Waals surface area contributed by atoms with Crippen molar-refractivity contribution in [3.05, 3.63) is 64.7 Å². The molecule has 0 aromatic heterocycles. The van der Waals surface area contributed by atoms with Crippen molar-refractivity contribution in [2.45, 2.75) is 13.0 Å². The fraction of sp³-hybridized carbons (Fsp3) is 0.143. The van der Waals surface area contributed by atoms with Crippen LogP contribution in [0.1, 0.15) is 18.5 Å². The van der Waals surface area contributed by atoms with E-state index in [4.69, 9.17) is 11.6 Å². The van der Waals surface area contributed by atoms with E-state index in [0.29, 0.717) is 5.02 Å². The minimum absolute atomic E-state index is 0.167. The van der Waals surface area contributed by atoms with Gasteiger partial charge in [0.15, 0.2) is 0 Å². The normalized spacial score (nSPS) is 12.2. The predicted molar refractivity (Wildman–Crippen MR) is 69.8 cm³/mol. The maximum absolute atomic E-state index is 13.6. The molecule has 18 heavy (non-hydrogen) atoms. The number of anilines is 1. The Labute approximate surface area is 109 Å². The first-order valence-corrected chi connectivity index (χ1v) is 5.91. The number of hydrogen-bond donors (Lipinski definition) is 1. The zero-order chi connectivity index (χ0) is 13.1. The van der Waals surface area contributed by atoms with E-state index in [1.165, 1.54) is 18.2 Å². The first kappa shape index (κ1) is 12.8. The Balaban J connectivity index is 2.21. The van der Waals surface area contributed by atoms with E-state index in [9.17, 15) is 8.78 Å². The van der Waals surface area contributed by atoms with Gasteiger partial charge in [-0.05, 0) is 36.8 Å². The highest BCUT2D eigenvalue weighted by Crippen LogP contribution is 2.28. The molecule has 0 bridgehead atoms. The van der Waals surface area contributed by atoms with Crippen molar-refractivity contribution in [2.75, 3.05) is 5.32 Å². The first-order chi connectivity index (χ1) is 8.58. The monoisotopic (exact) mass is 267 g/mol. The summed E-state index contributed by atoms with van der Waals surface area (Å²) in [6, 6.07) is 10.4. The molecular weight excluding hydrogens is 256 g/mol. The van der Waals surface area contributed by atoms with Gasteiger partial charge < -0.3 is 5.32 Å². The summed E-state index contributed by atoms with van der Waals surface area (Å²) in [6.07, 6.45) is 0. The standard InChI is InChI=1S/C14H12ClF2N/c1-9(10-5-7-11(16)8-6-10)18-14-12(15)3-2-4-13(14)17/h2-9,18H,1H3. The molecule has 0 aliphatic carbocycles. The smallest absolute Gasteiger partial charge is 0.147 e. The van der Waals surface area contributed by atoms with Gasteiger partial charge in [0.05, 0.1) is 10.7 Å². The molecule has 0 heterocycles. The van der Waals surface area contributed by atoms with Crippen LogP contribution in [-0.4, -0.2) is 0 Å². The van der Waals surface area contributed by atoms with Crippen molar-refractivity contribution in [1.82, 2.24) is 0 Å². The third kappa shape index (κ3) is 2.79. The minimum atomic E-state index is -0.406. The Kier molecular flexibility index (Phi) is 3.82. The van der Waals surface area contributed by atoms with Crippen molar-refractivity contribution >= 4 is 17.3 Å². The lowest BCUT2D eigenvalue weighted by Gasteiger charge is -2.17. The second-order valence-electron chi connectivity index (χ2n) is 4.01. The zero-order valence-corrected chi connectivity index (χ0v) is 10.5. The molecule has 0 saturated carbocycles. The third-order valence-corrected chi connectivity index (χ3v) is 3.01. The summed E-state index contributed by atoms with van der Waals surface area (Å²) in [4.78, 5) is 0. The van der Waals surface area contributed by atoms with Crippen LogP contribution in [0.5, 0.6) is 0 Å². The molecule has 0 aliphatic rings. The summed E-state index contributed by atoms with van der Waals surface area (Å²) in [5.74, 6) is -0.702. The van der Waals surface area contributed by atoms with E-state index in [1.807, 2.05) is 6.92 Å². The highest BCUT2D eigenvalue weighted by molar-refractivity contribution is 6.33. The van der Waals surface area contributed by atoms with Crippen LogP contribution in [-0.2, 0) is 0 Å². The molecule has 1 unspecified atom stereocenters. The van der Waals surface area contributed by atoms with Crippen molar-refractivity contribution in [3.8, 4) is 0 Å². The minimum Gasteiger partial charge on any atom is -0.375 e. The number of para-hydroxylation sites is 1. The summed E-state index contributed by atoms with van der Waals surface area (Å²) < 4.78 is 26.4. The molecular formula is C14H12ClF2N. The molecule has 2 rings (SSSR count). The summed E-state index contributed by atoms with van der Waals surface area (Å²) in [5, 5.41) is 3.31. The molecule has 2 aromatic carbocycles. The van der Waals surface area contributed by atoms with Gasteiger partial charge in [-0.2, -0.15) is 0 Å². The van der Waals surface area contributed by atoms with Crippen molar-refractivity contribution in [1.29, 1.82) is 0 Å². The molecule has 1 atom stereocenters. The molecule has 2 aromatic rings. The lowest BCUT2D eigenvalue weighted by Crippen LogP contribution is -2.08. The van der Waals surface area contributed by atoms with Crippen molar-refractivity contribution in [3.63, 3.8) is 0 Å². The summed E-state index contributed by atoms with van der Waals surface area (Å²) in [5.41, 5.74) is 1.12. The Morgan fingerprint density at radius 2 is 1.72 bits per heavy atom. The number of benzene rings is 2. The molecule has 0 saturated heterocycles. The topological polar surface area (TPSA) is 12.0 Å². The number of rotatable bonds is 3. The van der Waals surface area contributed by atoms with Gasteiger partial charge in [0.25, 0.3) is 0 Å². The van der Waals surface area contributed by atoms with Gasteiger partial charge in [0.1, 0.15) is 11.6 Å². The molecule has 0 amide bonds. The Bertz CT molecular complexity index is 520. The number of hydrogen-bond acceptors (Lipinski definition) is 1. The molecule has 0 fully saturated rings. The molecule has 94 valence electrons. The molecule has 4 heteroatoms. The highest BCUT2D eigenvalue weighted by atomic mass is 35.5. The zero-order valence-electron chi connectivity index (χ0n) is 9.75. The van der Waals surface area contributed by atoms with E-state index >= 15 is 0 Å². The Morgan fingerprint density at radius 1 is 1.06 bits per heavy atom. The van der Waals surface area contributed by atoms with Crippen LogP contribution in [0, 0.1) is 11.6 Å². The fourth-order valence-corrected chi connectivity index (χ4v) is 1.90. The fourth-order valence-electron chi connectivity index (χ4n) is 1.69. The molecule has 0 spiro atoms. The first-order valence-electron chi connectivity index (χ1n) is 5.54. The van der Waals surface area contributed by atoms with Crippen LogP contribution in [0.3, 0.4) is 0 Å². The van der Waals surface area contributed by atoms with Gasteiger partial charge in [-0.15, -0.1) is 0 Å².